The number of rotatable bonds is 4. The van der Waals surface area contributed by atoms with Crippen molar-refractivity contribution in [3.8, 4) is 0 Å². The number of ether oxygens (including phenoxy) is 1. The van der Waals surface area contributed by atoms with Gasteiger partial charge in [-0.15, -0.1) is 0 Å². The minimum absolute atomic E-state index is 0.0351. The summed E-state index contributed by atoms with van der Waals surface area (Å²) in [5.41, 5.74) is 2.96. The van der Waals surface area contributed by atoms with Gasteiger partial charge in [0.1, 0.15) is 5.69 Å². The minimum Gasteiger partial charge on any atom is -0.369 e. The van der Waals surface area contributed by atoms with Crippen LogP contribution in [0.5, 0.6) is 0 Å². The second kappa shape index (κ2) is 6.29. The predicted molar refractivity (Wildman–Crippen MR) is 82.6 cm³/mol. The molecule has 2 aliphatic heterocycles. The smallest absolute Gasteiger partial charge is 0.301 e. The van der Waals surface area contributed by atoms with Crippen LogP contribution in [0.15, 0.2) is 23.3 Å². The number of nitrogens with one attached hydrogen (secondary N) is 1. The zero-order chi connectivity index (χ0) is 16.4. The van der Waals surface area contributed by atoms with Crippen LogP contribution >= 0.6 is 0 Å². The van der Waals surface area contributed by atoms with Gasteiger partial charge in [-0.3, -0.25) is 25.7 Å². The highest BCUT2D eigenvalue weighted by molar-refractivity contribution is 5.90. The summed E-state index contributed by atoms with van der Waals surface area (Å²) in [6.07, 6.45) is 4.95. The SMILES string of the molecule is O=[N+]([O-])c1ccc(N/N=C2/CCC[C@@H]3CC[C@@H]2O3)c([N+](=O)[O-])c1. The lowest BCUT2D eigenvalue weighted by Crippen LogP contribution is -2.20. The number of nitro benzene ring substituents is 2. The van der Waals surface area contributed by atoms with Gasteiger partial charge in [0.15, 0.2) is 0 Å². The summed E-state index contributed by atoms with van der Waals surface area (Å²) in [7, 11) is 0. The van der Waals surface area contributed by atoms with Crippen molar-refractivity contribution in [3.63, 3.8) is 0 Å². The average molecular weight is 320 g/mol. The molecule has 0 aliphatic carbocycles. The Kier molecular flexibility index (Phi) is 4.20. The standard InChI is InChI=1S/C14H16N4O5/c19-17(20)9-4-6-11(13(8-9)18(21)22)15-16-12-3-1-2-10-5-7-14(12)23-10/h4,6,8,10,14-15H,1-3,5,7H2/b16-12-/t10-,14+/m1/s1. The Balaban J connectivity index is 1.83. The zero-order valence-corrected chi connectivity index (χ0v) is 12.3. The zero-order valence-electron chi connectivity index (χ0n) is 12.3. The highest BCUT2D eigenvalue weighted by Gasteiger charge is 2.32. The van der Waals surface area contributed by atoms with Gasteiger partial charge in [0.05, 0.1) is 33.8 Å². The Hall–Kier alpha value is -2.55. The fourth-order valence-electron chi connectivity index (χ4n) is 2.97. The van der Waals surface area contributed by atoms with Crippen molar-refractivity contribution in [1.29, 1.82) is 0 Å². The molecule has 0 aromatic heterocycles. The van der Waals surface area contributed by atoms with E-state index in [4.69, 9.17) is 4.74 Å². The van der Waals surface area contributed by atoms with Crippen LogP contribution in [-0.2, 0) is 4.74 Å². The highest BCUT2D eigenvalue weighted by atomic mass is 16.6. The van der Waals surface area contributed by atoms with Gasteiger partial charge < -0.3 is 4.74 Å². The molecular weight excluding hydrogens is 304 g/mol. The Bertz CT molecular complexity index is 675. The first-order valence-electron chi connectivity index (χ1n) is 7.45. The molecule has 0 spiro atoms. The summed E-state index contributed by atoms with van der Waals surface area (Å²) in [6.45, 7) is 0. The molecule has 9 heteroatoms. The summed E-state index contributed by atoms with van der Waals surface area (Å²) in [6, 6.07) is 3.44. The lowest BCUT2D eigenvalue weighted by atomic mass is 9.99. The van der Waals surface area contributed by atoms with Crippen molar-refractivity contribution in [2.45, 2.75) is 44.3 Å². The van der Waals surface area contributed by atoms with Gasteiger partial charge in [-0.2, -0.15) is 5.10 Å². The fraction of sp³-hybridized carbons (Fsp3) is 0.500. The molecule has 0 saturated carbocycles. The van der Waals surface area contributed by atoms with Crippen LogP contribution in [0.1, 0.15) is 32.1 Å². The molecule has 23 heavy (non-hydrogen) atoms. The minimum atomic E-state index is -0.666. The first kappa shape index (κ1) is 15.3. The van der Waals surface area contributed by atoms with Crippen molar-refractivity contribution in [1.82, 2.24) is 0 Å². The molecule has 9 nitrogen and oxygen atoms in total. The molecule has 1 N–H and O–H groups in total. The summed E-state index contributed by atoms with van der Waals surface area (Å²) in [4.78, 5) is 20.5. The third-order valence-corrected chi connectivity index (χ3v) is 4.15. The fourth-order valence-corrected chi connectivity index (χ4v) is 2.97. The molecule has 0 amide bonds. The Morgan fingerprint density at radius 1 is 1.17 bits per heavy atom. The monoisotopic (exact) mass is 320 g/mol. The summed E-state index contributed by atoms with van der Waals surface area (Å²) in [5, 5.41) is 26.1. The average Bonchev–Trinajstić information content (AvgIpc) is 2.88. The number of fused-ring (bicyclic) bond motifs is 2. The van der Waals surface area contributed by atoms with E-state index in [0.717, 1.165) is 43.9 Å². The number of nitro groups is 2. The van der Waals surface area contributed by atoms with Crippen LogP contribution in [0.2, 0.25) is 0 Å². The van der Waals surface area contributed by atoms with Crippen molar-refractivity contribution in [2.24, 2.45) is 5.10 Å². The molecule has 2 heterocycles. The van der Waals surface area contributed by atoms with E-state index in [-0.39, 0.29) is 23.2 Å². The van der Waals surface area contributed by atoms with Gasteiger partial charge in [0, 0.05) is 6.07 Å². The molecule has 122 valence electrons. The Labute approximate surface area is 131 Å². The van der Waals surface area contributed by atoms with Crippen molar-refractivity contribution < 1.29 is 14.6 Å². The maximum Gasteiger partial charge on any atom is 0.301 e. The number of non-ortho nitro benzene ring substituents is 1. The lowest BCUT2D eigenvalue weighted by Gasteiger charge is -2.11. The summed E-state index contributed by atoms with van der Waals surface area (Å²) >= 11 is 0. The van der Waals surface area contributed by atoms with Crippen LogP contribution in [-0.4, -0.2) is 27.8 Å². The maximum atomic E-state index is 11.1. The van der Waals surface area contributed by atoms with Crippen LogP contribution < -0.4 is 5.43 Å². The number of anilines is 1. The molecule has 2 atom stereocenters. The second-order valence-electron chi connectivity index (χ2n) is 5.65. The van der Waals surface area contributed by atoms with Gasteiger partial charge in [0.2, 0.25) is 0 Å². The number of hydrazone groups is 1. The largest absolute Gasteiger partial charge is 0.369 e. The molecular formula is C14H16N4O5. The quantitative estimate of drug-likeness (QED) is 0.672. The third kappa shape index (κ3) is 3.29. The first-order chi connectivity index (χ1) is 11.0. The topological polar surface area (TPSA) is 120 Å². The molecule has 2 fully saturated rings. The molecule has 2 bridgehead atoms. The van der Waals surface area contributed by atoms with Gasteiger partial charge in [-0.1, -0.05) is 0 Å². The third-order valence-electron chi connectivity index (χ3n) is 4.15. The van der Waals surface area contributed by atoms with Gasteiger partial charge in [-0.05, 0) is 38.2 Å². The van der Waals surface area contributed by atoms with E-state index in [2.05, 4.69) is 10.5 Å². The van der Waals surface area contributed by atoms with Gasteiger partial charge in [-0.25, -0.2) is 0 Å². The van der Waals surface area contributed by atoms with E-state index in [1.165, 1.54) is 12.1 Å². The number of benzene rings is 1. The van der Waals surface area contributed by atoms with Crippen molar-refractivity contribution >= 4 is 22.8 Å². The van der Waals surface area contributed by atoms with Crippen LogP contribution in [0.4, 0.5) is 17.1 Å². The van der Waals surface area contributed by atoms with E-state index < -0.39 is 9.85 Å². The number of hydrogen-bond acceptors (Lipinski definition) is 7. The van der Waals surface area contributed by atoms with E-state index in [9.17, 15) is 20.2 Å². The molecule has 3 rings (SSSR count). The van der Waals surface area contributed by atoms with Crippen molar-refractivity contribution in [3.05, 3.63) is 38.4 Å². The Morgan fingerprint density at radius 2 is 2.00 bits per heavy atom. The number of hydrogen-bond donors (Lipinski definition) is 1. The normalized spacial score (nSPS) is 25.1. The Morgan fingerprint density at radius 3 is 2.74 bits per heavy atom. The maximum absolute atomic E-state index is 11.1. The highest BCUT2D eigenvalue weighted by Crippen LogP contribution is 2.31. The molecule has 2 aliphatic rings. The van der Waals surface area contributed by atoms with Crippen LogP contribution in [0, 0.1) is 20.2 Å². The van der Waals surface area contributed by atoms with E-state index in [1.807, 2.05) is 0 Å². The molecule has 0 unspecified atom stereocenters. The number of nitrogens with zero attached hydrogens (tertiary/aromatic N) is 3. The van der Waals surface area contributed by atoms with E-state index in [0.29, 0.717) is 6.10 Å². The predicted octanol–water partition coefficient (Wildman–Crippen LogP) is 3.00. The van der Waals surface area contributed by atoms with Gasteiger partial charge in [0.25, 0.3) is 5.69 Å². The second-order valence-corrected chi connectivity index (χ2v) is 5.65. The lowest BCUT2D eigenvalue weighted by molar-refractivity contribution is -0.393. The van der Waals surface area contributed by atoms with E-state index in [1.54, 1.807) is 0 Å². The van der Waals surface area contributed by atoms with Crippen LogP contribution in [0.25, 0.3) is 0 Å². The van der Waals surface area contributed by atoms with Gasteiger partial charge >= 0.3 is 5.69 Å². The molecule has 2 saturated heterocycles. The van der Waals surface area contributed by atoms with E-state index >= 15 is 0 Å². The summed E-state index contributed by atoms with van der Waals surface area (Å²) in [5.74, 6) is 0. The first-order valence-corrected chi connectivity index (χ1v) is 7.45. The van der Waals surface area contributed by atoms with Crippen LogP contribution in [0.3, 0.4) is 0 Å². The molecule has 1 aromatic rings. The van der Waals surface area contributed by atoms with Crippen molar-refractivity contribution in [2.75, 3.05) is 5.43 Å². The summed E-state index contributed by atoms with van der Waals surface area (Å²) < 4.78 is 5.86. The molecule has 1 aromatic carbocycles. The molecule has 0 radical (unpaired) electrons.